The highest BCUT2D eigenvalue weighted by Gasteiger charge is 2.49. The van der Waals surface area contributed by atoms with E-state index < -0.39 is 16.1 Å². The molecule has 136 valence electrons. The Bertz CT molecular complexity index is 966. The third-order valence-corrected chi connectivity index (χ3v) is 7.23. The predicted octanol–water partition coefficient (Wildman–Crippen LogP) is 3.23. The molecule has 2 aliphatic rings. The molecule has 2 unspecified atom stereocenters. The molecule has 1 heterocycles. The highest BCUT2D eigenvalue weighted by Crippen LogP contribution is 2.48. The normalized spacial score (nSPS) is 22.1. The summed E-state index contributed by atoms with van der Waals surface area (Å²) in [5.41, 5.74) is 2.96. The van der Waals surface area contributed by atoms with Crippen molar-refractivity contribution >= 4 is 15.9 Å². The molecule has 0 aromatic heterocycles. The number of hydrogen-bond donors (Lipinski definition) is 0. The van der Waals surface area contributed by atoms with Crippen LogP contribution in [0.5, 0.6) is 5.75 Å². The third kappa shape index (κ3) is 2.60. The highest BCUT2D eigenvalue weighted by molar-refractivity contribution is 7.89. The largest absolute Gasteiger partial charge is 0.497 e. The summed E-state index contributed by atoms with van der Waals surface area (Å²) in [4.78, 5) is 12.8. The van der Waals surface area contributed by atoms with Crippen LogP contribution in [-0.4, -0.2) is 25.7 Å². The summed E-state index contributed by atoms with van der Waals surface area (Å²) < 4.78 is 32.9. The smallest absolute Gasteiger partial charge is 0.267 e. The molecule has 5 nitrogen and oxygen atoms in total. The van der Waals surface area contributed by atoms with Crippen LogP contribution in [0.25, 0.3) is 0 Å². The molecule has 0 N–H and O–H groups in total. The molecule has 0 spiro atoms. The maximum Gasteiger partial charge on any atom is 0.267 e. The molecule has 26 heavy (non-hydrogen) atoms. The van der Waals surface area contributed by atoms with Gasteiger partial charge in [0.1, 0.15) is 5.75 Å². The van der Waals surface area contributed by atoms with Crippen LogP contribution >= 0.6 is 0 Å². The minimum absolute atomic E-state index is 0.0311. The maximum atomic E-state index is 13.2. The lowest BCUT2D eigenvalue weighted by atomic mass is 9.80. The lowest BCUT2D eigenvalue weighted by Gasteiger charge is -2.33. The number of hydrogen-bond acceptors (Lipinski definition) is 4. The number of nitrogens with zero attached hydrogens (tertiary/aromatic N) is 1. The zero-order chi connectivity index (χ0) is 18.5. The van der Waals surface area contributed by atoms with Gasteiger partial charge in [0.2, 0.25) is 5.91 Å². The molecule has 1 fully saturated rings. The van der Waals surface area contributed by atoms with Crippen molar-refractivity contribution in [2.45, 2.75) is 37.1 Å². The first kappa shape index (κ1) is 17.1. The Morgan fingerprint density at radius 2 is 1.85 bits per heavy atom. The summed E-state index contributed by atoms with van der Waals surface area (Å²) in [6, 6.07) is 11.9. The van der Waals surface area contributed by atoms with Gasteiger partial charge in [-0.2, -0.15) is 0 Å². The van der Waals surface area contributed by atoms with Crippen LogP contribution in [0, 0.1) is 12.8 Å². The molecule has 2 atom stereocenters. The quantitative estimate of drug-likeness (QED) is 0.831. The minimum atomic E-state index is -3.88. The summed E-state index contributed by atoms with van der Waals surface area (Å²) in [5.74, 6) is 0.465. The van der Waals surface area contributed by atoms with Gasteiger partial charge in [0.05, 0.1) is 18.0 Å². The SMILES string of the molecule is COc1ccc2c(c1)CCC1CC(=O)N(S(=O)(=O)c3ccc(C)cc3)C21. The number of amides is 1. The molecular formula is C20H21NO4S. The van der Waals surface area contributed by atoms with Gasteiger partial charge < -0.3 is 4.74 Å². The number of methoxy groups -OCH3 is 1. The van der Waals surface area contributed by atoms with Crippen LogP contribution in [0.15, 0.2) is 47.4 Å². The molecule has 6 heteroatoms. The van der Waals surface area contributed by atoms with Crippen LogP contribution in [0.3, 0.4) is 0 Å². The van der Waals surface area contributed by atoms with Crippen molar-refractivity contribution in [3.63, 3.8) is 0 Å². The molecule has 1 aliphatic carbocycles. The van der Waals surface area contributed by atoms with E-state index in [1.165, 1.54) is 0 Å². The second kappa shape index (κ2) is 6.13. The van der Waals surface area contributed by atoms with Gasteiger partial charge in [-0.1, -0.05) is 23.8 Å². The molecule has 4 rings (SSSR count). The Labute approximate surface area is 153 Å². The van der Waals surface area contributed by atoms with E-state index in [2.05, 4.69) is 0 Å². The Balaban J connectivity index is 1.81. The number of rotatable bonds is 3. The Morgan fingerprint density at radius 1 is 1.12 bits per heavy atom. The van der Waals surface area contributed by atoms with Crippen LogP contribution < -0.4 is 4.74 Å². The summed E-state index contributed by atoms with van der Waals surface area (Å²) in [5, 5.41) is 0. The number of benzene rings is 2. The van der Waals surface area contributed by atoms with E-state index in [4.69, 9.17) is 4.74 Å². The van der Waals surface area contributed by atoms with E-state index >= 15 is 0 Å². The van der Waals surface area contributed by atoms with Crippen molar-refractivity contribution in [1.82, 2.24) is 4.31 Å². The first-order valence-electron chi connectivity index (χ1n) is 8.72. The Morgan fingerprint density at radius 3 is 2.54 bits per heavy atom. The summed E-state index contributed by atoms with van der Waals surface area (Å²) in [7, 11) is -2.27. The minimum Gasteiger partial charge on any atom is -0.497 e. The lowest BCUT2D eigenvalue weighted by Crippen LogP contribution is -2.36. The third-order valence-electron chi connectivity index (χ3n) is 5.41. The lowest BCUT2D eigenvalue weighted by molar-refractivity contribution is -0.124. The van der Waals surface area contributed by atoms with Crippen molar-refractivity contribution in [2.24, 2.45) is 5.92 Å². The monoisotopic (exact) mass is 371 g/mol. The van der Waals surface area contributed by atoms with E-state index in [9.17, 15) is 13.2 Å². The second-order valence-corrected chi connectivity index (χ2v) is 8.84. The second-order valence-electron chi connectivity index (χ2n) is 7.02. The fourth-order valence-electron chi connectivity index (χ4n) is 4.08. The highest BCUT2D eigenvalue weighted by atomic mass is 32.2. The predicted molar refractivity (Wildman–Crippen MR) is 97.4 cm³/mol. The number of carbonyl (C=O) groups is 1. The fourth-order valence-corrected chi connectivity index (χ4v) is 5.71. The van der Waals surface area contributed by atoms with Crippen molar-refractivity contribution in [2.75, 3.05) is 7.11 Å². The van der Waals surface area contributed by atoms with E-state index in [0.29, 0.717) is 0 Å². The average molecular weight is 371 g/mol. The van der Waals surface area contributed by atoms with Crippen LogP contribution in [0.1, 0.15) is 35.6 Å². The van der Waals surface area contributed by atoms with Gasteiger partial charge in [0.25, 0.3) is 10.0 Å². The average Bonchev–Trinajstić information content (AvgIpc) is 2.98. The van der Waals surface area contributed by atoms with E-state index in [1.54, 1.807) is 31.4 Å². The zero-order valence-electron chi connectivity index (χ0n) is 14.8. The van der Waals surface area contributed by atoms with Crippen molar-refractivity contribution in [3.05, 3.63) is 59.2 Å². The van der Waals surface area contributed by atoms with Crippen molar-refractivity contribution in [1.29, 1.82) is 0 Å². The molecule has 1 aliphatic heterocycles. The Hall–Kier alpha value is -2.34. The first-order chi connectivity index (χ1) is 12.4. The van der Waals surface area contributed by atoms with E-state index in [-0.39, 0.29) is 23.1 Å². The summed E-state index contributed by atoms with van der Waals surface area (Å²) in [6.07, 6.45) is 1.91. The van der Waals surface area contributed by atoms with E-state index in [0.717, 1.165) is 39.6 Å². The topological polar surface area (TPSA) is 63.7 Å². The van der Waals surface area contributed by atoms with Crippen molar-refractivity contribution in [3.8, 4) is 5.75 Å². The van der Waals surface area contributed by atoms with Gasteiger partial charge in [0.15, 0.2) is 0 Å². The van der Waals surface area contributed by atoms with E-state index in [1.807, 2.05) is 25.1 Å². The van der Waals surface area contributed by atoms with Gasteiger partial charge in [-0.3, -0.25) is 4.79 Å². The van der Waals surface area contributed by atoms with Crippen LogP contribution in [-0.2, 0) is 21.2 Å². The number of aryl methyl sites for hydroxylation is 2. The van der Waals surface area contributed by atoms with Crippen molar-refractivity contribution < 1.29 is 17.9 Å². The number of carbonyl (C=O) groups excluding carboxylic acids is 1. The summed E-state index contributed by atoms with van der Waals surface area (Å²) >= 11 is 0. The number of ether oxygens (including phenoxy) is 1. The zero-order valence-corrected chi connectivity index (χ0v) is 15.6. The standard InChI is InChI=1S/C20H21NO4S/c1-13-3-8-17(9-4-13)26(23,24)21-19(22)12-15-6-5-14-11-16(25-2)7-10-18(14)20(15)21/h3-4,7-11,15,20H,5-6,12H2,1-2H3. The molecular weight excluding hydrogens is 350 g/mol. The van der Waals surface area contributed by atoms with Gasteiger partial charge in [0, 0.05) is 6.42 Å². The van der Waals surface area contributed by atoms with Gasteiger partial charge in [-0.25, -0.2) is 12.7 Å². The van der Waals surface area contributed by atoms with Crippen LogP contribution in [0.2, 0.25) is 0 Å². The van der Waals surface area contributed by atoms with Gasteiger partial charge in [-0.05, 0) is 61.1 Å². The molecule has 1 saturated heterocycles. The van der Waals surface area contributed by atoms with Gasteiger partial charge >= 0.3 is 0 Å². The molecule has 2 aromatic carbocycles. The van der Waals surface area contributed by atoms with Crippen LogP contribution in [0.4, 0.5) is 0 Å². The Kier molecular flexibility index (Phi) is 4.03. The molecule has 2 aromatic rings. The van der Waals surface area contributed by atoms with Gasteiger partial charge in [-0.15, -0.1) is 0 Å². The molecule has 0 bridgehead atoms. The number of sulfonamides is 1. The fraction of sp³-hybridized carbons (Fsp3) is 0.350. The summed E-state index contributed by atoms with van der Waals surface area (Å²) in [6.45, 7) is 1.90. The molecule has 0 saturated carbocycles. The maximum absolute atomic E-state index is 13.2. The first-order valence-corrected chi connectivity index (χ1v) is 10.2. The molecule has 1 amide bonds. The molecule has 0 radical (unpaired) electrons. The number of fused-ring (bicyclic) bond motifs is 3.